The van der Waals surface area contributed by atoms with Crippen molar-refractivity contribution in [3.8, 4) is 6.07 Å². The van der Waals surface area contributed by atoms with Crippen LogP contribution in [-0.2, 0) is 4.79 Å². The summed E-state index contributed by atoms with van der Waals surface area (Å²) in [5.41, 5.74) is 4.21. The van der Waals surface area contributed by atoms with Gasteiger partial charge >= 0.3 is 0 Å². The number of nitrogens with zero attached hydrogens (tertiary/aromatic N) is 2. The number of carbonyl (C=O) groups is 1. The molecular formula is C18H25N3O3. The molecular weight excluding hydrogens is 306 g/mol. The fraction of sp³-hybridized carbons (Fsp3) is 0.889. The summed E-state index contributed by atoms with van der Waals surface area (Å²) >= 11 is 0. The van der Waals surface area contributed by atoms with Gasteiger partial charge in [-0.2, -0.15) is 5.26 Å². The van der Waals surface area contributed by atoms with Gasteiger partial charge in [0, 0.05) is 17.9 Å². The van der Waals surface area contributed by atoms with Gasteiger partial charge in [-0.1, -0.05) is 0 Å². The molecule has 5 saturated carbocycles. The molecule has 1 saturated heterocycles. The zero-order valence-electron chi connectivity index (χ0n) is 13.8. The maximum absolute atomic E-state index is 13.2. The Morgan fingerprint density at radius 3 is 2.42 bits per heavy atom. The smallest absolute Gasteiger partial charge is 0.241 e. The third-order valence-electron chi connectivity index (χ3n) is 7.49. The van der Waals surface area contributed by atoms with E-state index >= 15 is 0 Å². The molecule has 5 aliphatic carbocycles. The molecule has 130 valence electrons. The quantitative estimate of drug-likeness (QED) is 0.673. The van der Waals surface area contributed by atoms with Crippen molar-refractivity contribution in [3.05, 3.63) is 0 Å². The highest BCUT2D eigenvalue weighted by Gasteiger charge is 2.66. The van der Waals surface area contributed by atoms with Gasteiger partial charge in [-0.15, -0.1) is 0 Å². The number of aliphatic hydroxyl groups is 2. The molecule has 24 heavy (non-hydrogen) atoms. The molecule has 8 atom stereocenters. The van der Waals surface area contributed by atoms with Crippen LogP contribution < -0.4 is 5.73 Å². The molecule has 1 aliphatic heterocycles. The number of carbonyl (C=O) groups excluding carboxylic acids is 1. The van der Waals surface area contributed by atoms with Crippen molar-refractivity contribution >= 4 is 5.91 Å². The Bertz CT molecular complexity index is 640. The zero-order chi connectivity index (χ0) is 16.9. The zero-order valence-corrected chi connectivity index (χ0v) is 13.8. The number of hydrogen-bond acceptors (Lipinski definition) is 5. The van der Waals surface area contributed by atoms with E-state index in [1.54, 1.807) is 4.90 Å². The lowest BCUT2D eigenvalue weighted by Gasteiger charge is -2.64. The fourth-order valence-corrected chi connectivity index (χ4v) is 7.07. The van der Waals surface area contributed by atoms with Crippen LogP contribution in [0.4, 0.5) is 0 Å². The number of rotatable bonds is 2. The molecule has 6 aliphatic rings. The second kappa shape index (κ2) is 4.32. The molecule has 1 heterocycles. The maximum Gasteiger partial charge on any atom is 0.241 e. The molecule has 6 heteroatoms. The summed E-state index contributed by atoms with van der Waals surface area (Å²) in [5, 5.41) is 31.1. The van der Waals surface area contributed by atoms with Gasteiger partial charge in [-0.05, 0) is 56.8 Å². The minimum absolute atomic E-state index is 0.138. The first-order chi connectivity index (χ1) is 11.3. The van der Waals surface area contributed by atoms with E-state index in [2.05, 4.69) is 6.07 Å². The van der Waals surface area contributed by atoms with E-state index in [9.17, 15) is 20.3 Å². The maximum atomic E-state index is 13.2. The monoisotopic (exact) mass is 331 g/mol. The minimum Gasteiger partial charge on any atom is -0.390 e. The molecule has 0 spiro atoms. The van der Waals surface area contributed by atoms with Crippen molar-refractivity contribution in [2.75, 3.05) is 0 Å². The number of nitriles is 1. The Morgan fingerprint density at radius 2 is 1.83 bits per heavy atom. The van der Waals surface area contributed by atoms with E-state index < -0.39 is 22.7 Å². The number of likely N-dealkylation sites (tertiary alicyclic amines) is 1. The average molecular weight is 331 g/mol. The number of piperidine rings is 1. The summed E-state index contributed by atoms with van der Waals surface area (Å²) in [4.78, 5) is 14.9. The standard InChI is InChI=1S/C18H25N3O3/c19-6-12-1-11-2-13(11)21(12)15(22)14(20)16-3-10-4-17(23,7-16)9-18(24,5-10)8-16/h10-14,23-24H,1-5,7-9,20H2/t10?,11-,12+,13+,14-,16?,17-,18+/m1/s1. The van der Waals surface area contributed by atoms with E-state index in [0.717, 1.165) is 19.3 Å². The molecule has 1 amide bonds. The second-order valence-electron chi connectivity index (χ2n) is 9.49. The highest BCUT2D eigenvalue weighted by Crippen LogP contribution is 2.64. The number of nitrogens with two attached hydrogens (primary N) is 1. The van der Waals surface area contributed by atoms with Crippen molar-refractivity contribution in [2.24, 2.45) is 23.0 Å². The van der Waals surface area contributed by atoms with E-state index in [0.29, 0.717) is 38.0 Å². The Hall–Kier alpha value is -1.16. The molecule has 2 unspecified atom stereocenters. The van der Waals surface area contributed by atoms with Crippen molar-refractivity contribution in [2.45, 2.75) is 80.7 Å². The molecule has 0 aromatic rings. The molecule has 0 aromatic heterocycles. The summed E-state index contributed by atoms with van der Waals surface area (Å²) in [6.45, 7) is 0. The van der Waals surface area contributed by atoms with Crippen LogP contribution in [-0.4, -0.2) is 50.3 Å². The summed E-state index contributed by atoms with van der Waals surface area (Å²) in [7, 11) is 0. The Kier molecular flexibility index (Phi) is 2.72. The van der Waals surface area contributed by atoms with E-state index in [1.807, 2.05) is 0 Å². The SMILES string of the molecule is N#C[C@@H]1C[C@@H]2C[C@@H]2N1C(=O)[C@@H](N)C12CC3C[C@@](O)(C1)C[C@](O)(C3)C2. The molecule has 6 fully saturated rings. The lowest BCUT2D eigenvalue weighted by molar-refractivity contribution is -0.234. The molecule has 4 bridgehead atoms. The van der Waals surface area contributed by atoms with Crippen LogP contribution in [0.5, 0.6) is 0 Å². The Morgan fingerprint density at radius 1 is 1.17 bits per heavy atom. The van der Waals surface area contributed by atoms with E-state index in [-0.39, 0.29) is 23.9 Å². The van der Waals surface area contributed by atoms with Gasteiger partial charge in [-0.3, -0.25) is 4.79 Å². The first kappa shape index (κ1) is 15.1. The fourth-order valence-electron chi connectivity index (χ4n) is 7.07. The Balaban J connectivity index is 1.45. The van der Waals surface area contributed by atoms with Gasteiger partial charge in [0.25, 0.3) is 0 Å². The van der Waals surface area contributed by atoms with E-state index in [4.69, 9.17) is 5.73 Å². The predicted octanol–water partition coefficient (Wildman–Crippen LogP) is 0.273. The molecule has 4 N–H and O–H groups in total. The molecule has 0 radical (unpaired) electrons. The van der Waals surface area contributed by atoms with Crippen LogP contribution in [0.15, 0.2) is 0 Å². The summed E-state index contributed by atoms with van der Waals surface area (Å²) in [6.07, 6.45) is 5.41. The van der Waals surface area contributed by atoms with Crippen LogP contribution in [0, 0.1) is 28.6 Å². The van der Waals surface area contributed by atoms with Crippen LogP contribution in [0.3, 0.4) is 0 Å². The number of amides is 1. The summed E-state index contributed by atoms with van der Waals surface area (Å²) < 4.78 is 0. The minimum atomic E-state index is -0.881. The van der Waals surface area contributed by atoms with Gasteiger partial charge in [0.15, 0.2) is 0 Å². The third-order valence-corrected chi connectivity index (χ3v) is 7.49. The lowest BCUT2D eigenvalue weighted by Crippen LogP contribution is -2.69. The second-order valence-corrected chi connectivity index (χ2v) is 9.49. The van der Waals surface area contributed by atoms with Crippen molar-refractivity contribution in [1.29, 1.82) is 5.26 Å². The lowest BCUT2D eigenvalue weighted by atomic mass is 9.44. The third kappa shape index (κ3) is 1.89. The predicted molar refractivity (Wildman–Crippen MR) is 84.3 cm³/mol. The molecule has 6 nitrogen and oxygen atoms in total. The van der Waals surface area contributed by atoms with Crippen LogP contribution in [0.25, 0.3) is 0 Å². The number of hydrogen-bond donors (Lipinski definition) is 3. The van der Waals surface area contributed by atoms with Crippen molar-refractivity contribution in [1.82, 2.24) is 4.90 Å². The van der Waals surface area contributed by atoms with Gasteiger partial charge in [-0.25, -0.2) is 0 Å². The molecule has 6 rings (SSSR count). The first-order valence-corrected chi connectivity index (χ1v) is 9.19. The Labute approximate surface area is 141 Å². The molecule has 0 aromatic carbocycles. The van der Waals surface area contributed by atoms with Crippen LogP contribution in [0.2, 0.25) is 0 Å². The topological polar surface area (TPSA) is 111 Å². The average Bonchev–Trinajstić information content (AvgIpc) is 3.12. The summed E-state index contributed by atoms with van der Waals surface area (Å²) in [5.74, 6) is 0.574. The highest BCUT2D eigenvalue weighted by atomic mass is 16.3. The normalized spacial score (nSPS) is 55.2. The van der Waals surface area contributed by atoms with Gasteiger partial charge in [0.1, 0.15) is 6.04 Å². The highest BCUT2D eigenvalue weighted by molar-refractivity contribution is 5.84. The van der Waals surface area contributed by atoms with Crippen molar-refractivity contribution in [3.63, 3.8) is 0 Å². The van der Waals surface area contributed by atoms with Crippen LogP contribution in [0.1, 0.15) is 51.4 Å². The first-order valence-electron chi connectivity index (χ1n) is 9.19. The van der Waals surface area contributed by atoms with Crippen LogP contribution >= 0.6 is 0 Å². The van der Waals surface area contributed by atoms with Gasteiger partial charge in [0.2, 0.25) is 5.91 Å². The van der Waals surface area contributed by atoms with Gasteiger partial charge < -0.3 is 20.8 Å². The van der Waals surface area contributed by atoms with Gasteiger partial charge in [0.05, 0.1) is 23.3 Å². The largest absolute Gasteiger partial charge is 0.390 e. The van der Waals surface area contributed by atoms with E-state index in [1.165, 1.54) is 0 Å². The summed E-state index contributed by atoms with van der Waals surface area (Å²) in [6, 6.07) is 1.36. The van der Waals surface area contributed by atoms with Crippen molar-refractivity contribution < 1.29 is 15.0 Å². The number of fused-ring (bicyclic) bond motifs is 1.